The third-order valence-corrected chi connectivity index (χ3v) is 4.59. The topological polar surface area (TPSA) is 46.9 Å². The van der Waals surface area contributed by atoms with Gasteiger partial charge in [0.1, 0.15) is 5.82 Å². The highest BCUT2D eigenvalue weighted by Gasteiger charge is 2.11. The summed E-state index contributed by atoms with van der Waals surface area (Å²) in [5, 5.41) is 7.45. The van der Waals surface area contributed by atoms with E-state index in [9.17, 15) is 4.79 Å². The summed E-state index contributed by atoms with van der Waals surface area (Å²) in [7, 11) is 0. The number of aromatic nitrogens is 2. The predicted octanol–water partition coefficient (Wildman–Crippen LogP) is 4.47. The van der Waals surface area contributed by atoms with Crippen molar-refractivity contribution in [2.75, 3.05) is 11.1 Å². The fourth-order valence-electron chi connectivity index (χ4n) is 2.60. The first-order chi connectivity index (χ1) is 12.2. The lowest BCUT2D eigenvalue weighted by atomic mass is 10.1. The zero-order valence-electron chi connectivity index (χ0n) is 14.4. The van der Waals surface area contributed by atoms with Gasteiger partial charge in [-0.3, -0.25) is 4.79 Å². The number of rotatable bonds is 6. The van der Waals surface area contributed by atoms with Gasteiger partial charge in [0.05, 0.1) is 17.8 Å². The Hall–Kier alpha value is -2.53. The number of aryl methyl sites for hydroxylation is 1. The summed E-state index contributed by atoms with van der Waals surface area (Å²) in [6, 6.07) is 19.8. The molecule has 0 atom stereocenters. The first kappa shape index (κ1) is 17.3. The van der Waals surface area contributed by atoms with Crippen molar-refractivity contribution in [3.63, 3.8) is 0 Å². The number of nitrogens with zero attached hydrogens (tertiary/aromatic N) is 2. The van der Waals surface area contributed by atoms with Gasteiger partial charge in [-0.25, -0.2) is 4.68 Å². The van der Waals surface area contributed by atoms with Crippen molar-refractivity contribution in [1.82, 2.24) is 9.78 Å². The van der Waals surface area contributed by atoms with E-state index in [4.69, 9.17) is 0 Å². The maximum atomic E-state index is 12.4. The summed E-state index contributed by atoms with van der Waals surface area (Å²) in [5.41, 5.74) is 2.78. The highest BCUT2D eigenvalue weighted by molar-refractivity contribution is 7.99. The van der Waals surface area contributed by atoms with E-state index < -0.39 is 0 Å². The summed E-state index contributed by atoms with van der Waals surface area (Å²) in [6.07, 6.45) is 0.343. The molecule has 0 aliphatic heterocycles. The zero-order chi connectivity index (χ0) is 17.6. The third-order valence-electron chi connectivity index (χ3n) is 3.70. The zero-order valence-corrected chi connectivity index (χ0v) is 15.2. The molecular formula is C20H21N3OS. The molecule has 3 aromatic rings. The predicted molar refractivity (Wildman–Crippen MR) is 103 cm³/mol. The molecule has 0 radical (unpaired) electrons. The second-order valence-electron chi connectivity index (χ2n) is 5.72. The molecule has 0 unspecified atom stereocenters. The molecule has 5 heteroatoms. The van der Waals surface area contributed by atoms with Crippen LogP contribution in [0.3, 0.4) is 0 Å². The highest BCUT2D eigenvalue weighted by atomic mass is 32.2. The van der Waals surface area contributed by atoms with Crippen LogP contribution in [0.15, 0.2) is 65.6 Å². The molecule has 0 saturated carbocycles. The first-order valence-electron chi connectivity index (χ1n) is 8.29. The van der Waals surface area contributed by atoms with Crippen molar-refractivity contribution in [3.8, 4) is 5.69 Å². The lowest BCUT2D eigenvalue weighted by Crippen LogP contribution is -2.17. The molecule has 0 fully saturated rings. The van der Waals surface area contributed by atoms with E-state index in [1.54, 1.807) is 16.4 Å². The third kappa shape index (κ3) is 4.51. The Bertz CT molecular complexity index is 841. The standard InChI is InChI=1S/C20H21N3OS/c1-3-25-18-11-9-16(10-12-18)14-20(24)21-19-13-15(2)22-23(19)17-7-5-4-6-8-17/h4-13H,3,14H2,1-2H3,(H,21,24). The van der Waals surface area contributed by atoms with Gasteiger partial charge < -0.3 is 5.32 Å². The van der Waals surface area contributed by atoms with Crippen molar-refractivity contribution >= 4 is 23.5 Å². The number of carbonyl (C=O) groups is 1. The van der Waals surface area contributed by atoms with Gasteiger partial charge in [0, 0.05) is 11.0 Å². The van der Waals surface area contributed by atoms with Gasteiger partial charge in [0.15, 0.2) is 0 Å². The van der Waals surface area contributed by atoms with Gasteiger partial charge >= 0.3 is 0 Å². The average molecular weight is 351 g/mol. The van der Waals surface area contributed by atoms with Gasteiger partial charge in [0.2, 0.25) is 5.91 Å². The van der Waals surface area contributed by atoms with Crippen LogP contribution in [0.5, 0.6) is 0 Å². The summed E-state index contributed by atoms with van der Waals surface area (Å²) >= 11 is 1.80. The van der Waals surface area contributed by atoms with E-state index in [0.717, 1.165) is 22.7 Å². The van der Waals surface area contributed by atoms with Crippen LogP contribution in [0.2, 0.25) is 0 Å². The maximum Gasteiger partial charge on any atom is 0.229 e. The number of carbonyl (C=O) groups excluding carboxylic acids is 1. The van der Waals surface area contributed by atoms with Crippen LogP contribution in [0.1, 0.15) is 18.2 Å². The summed E-state index contributed by atoms with van der Waals surface area (Å²) in [4.78, 5) is 13.7. The highest BCUT2D eigenvalue weighted by Crippen LogP contribution is 2.19. The monoisotopic (exact) mass is 351 g/mol. The molecule has 0 saturated heterocycles. The van der Waals surface area contributed by atoms with Crippen molar-refractivity contribution < 1.29 is 4.79 Å². The number of hydrogen-bond donors (Lipinski definition) is 1. The molecule has 1 N–H and O–H groups in total. The molecule has 1 aromatic heterocycles. The number of hydrogen-bond acceptors (Lipinski definition) is 3. The number of anilines is 1. The Labute approximate surface area is 152 Å². The second kappa shape index (κ2) is 8.03. The number of benzene rings is 2. The molecule has 25 heavy (non-hydrogen) atoms. The van der Waals surface area contributed by atoms with Crippen LogP contribution in [0.4, 0.5) is 5.82 Å². The van der Waals surface area contributed by atoms with Gasteiger partial charge in [-0.2, -0.15) is 5.10 Å². The smallest absolute Gasteiger partial charge is 0.229 e. The first-order valence-corrected chi connectivity index (χ1v) is 9.28. The van der Waals surface area contributed by atoms with Crippen molar-refractivity contribution in [1.29, 1.82) is 0 Å². The molecule has 1 amide bonds. The Balaban J connectivity index is 1.71. The Morgan fingerprint density at radius 1 is 1.12 bits per heavy atom. The molecule has 0 aliphatic rings. The number of nitrogens with one attached hydrogen (secondary N) is 1. The van der Waals surface area contributed by atoms with Crippen molar-refractivity contribution in [2.45, 2.75) is 25.2 Å². The Morgan fingerprint density at radius 2 is 1.84 bits per heavy atom. The molecule has 128 valence electrons. The Kier molecular flexibility index (Phi) is 5.56. The van der Waals surface area contributed by atoms with Crippen molar-refractivity contribution in [3.05, 3.63) is 71.9 Å². The molecule has 4 nitrogen and oxygen atoms in total. The van der Waals surface area contributed by atoms with Gasteiger partial charge in [-0.1, -0.05) is 37.3 Å². The molecular weight excluding hydrogens is 330 g/mol. The van der Waals surface area contributed by atoms with Crippen molar-refractivity contribution in [2.24, 2.45) is 0 Å². The largest absolute Gasteiger partial charge is 0.310 e. The molecule has 3 rings (SSSR count). The van der Waals surface area contributed by atoms with E-state index in [-0.39, 0.29) is 5.91 Å². The Morgan fingerprint density at radius 3 is 2.52 bits per heavy atom. The minimum atomic E-state index is -0.0482. The quantitative estimate of drug-likeness (QED) is 0.666. The number of thioether (sulfide) groups is 1. The van der Waals surface area contributed by atoms with Crippen LogP contribution in [0, 0.1) is 6.92 Å². The van der Waals surface area contributed by atoms with E-state index in [1.165, 1.54) is 4.90 Å². The van der Waals surface area contributed by atoms with Crippen LogP contribution < -0.4 is 5.32 Å². The van der Waals surface area contributed by atoms with E-state index in [2.05, 4.69) is 29.5 Å². The van der Waals surface area contributed by atoms with Crippen LogP contribution in [-0.4, -0.2) is 21.4 Å². The maximum absolute atomic E-state index is 12.4. The minimum absolute atomic E-state index is 0.0482. The minimum Gasteiger partial charge on any atom is -0.310 e. The normalized spacial score (nSPS) is 10.6. The number of amides is 1. The lowest BCUT2D eigenvalue weighted by molar-refractivity contribution is -0.115. The SMILES string of the molecule is CCSc1ccc(CC(=O)Nc2cc(C)nn2-c2ccccc2)cc1. The van der Waals surface area contributed by atoms with Crippen LogP contribution >= 0.6 is 11.8 Å². The van der Waals surface area contributed by atoms with E-state index in [1.807, 2.05) is 55.5 Å². The number of para-hydroxylation sites is 1. The second-order valence-corrected chi connectivity index (χ2v) is 7.06. The summed E-state index contributed by atoms with van der Waals surface area (Å²) in [5.74, 6) is 1.68. The molecule has 0 bridgehead atoms. The lowest BCUT2D eigenvalue weighted by Gasteiger charge is -2.09. The molecule has 0 aliphatic carbocycles. The van der Waals surface area contributed by atoms with Crippen LogP contribution in [0.25, 0.3) is 5.69 Å². The average Bonchev–Trinajstić information content (AvgIpc) is 2.98. The fourth-order valence-corrected chi connectivity index (χ4v) is 3.26. The van der Waals surface area contributed by atoms with Gasteiger partial charge in [-0.05, 0) is 42.5 Å². The molecule has 1 heterocycles. The van der Waals surface area contributed by atoms with Gasteiger partial charge in [0.25, 0.3) is 0 Å². The summed E-state index contributed by atoms with van der Waals surface area (Å²) in [6.45, 7) is 4.04. The fraction of sp³-hybridized carbons (Fsp3) is 0.200. The van der Waals surface area contributed by atoms with E-state index in [0.29, 0.717) is 12.2 Å². The van der Waals surface area contributed by atoms with Gasteiger partial charge in [-0.15, -0.1) is 11.8 Å². The van der Waals surface area contributed by atoms with Crippen LogP contribution in [-0.2, 0) is 11.2 Å². The molecule has 0 spiro atoms. The summed E-state index contributed by atoms with van der Waals surface area (Å²) < 4.78 is 1.76. The van der Waals surface area contributed by atoms with E-state index >= 15 is 0 Å². The molecule has 2 aromatic carbocycles.